The van der Waals surface area contributed by atoms with Crippen molar-refractivity contribution < 1.29 is 5.11 Å². The minimum absolute atomic E-state index is 0.258. The maximum Gasteiger partial charge on any atom is 0.0818 e. The molecule has 0 spiro atoms. The Morgan fingerprint density at radius 3 is 2.39 bits per heavy atom. The Balaban J connectivity index is 1.78. The third-order valence-corrected chi connectivity index (χ3v) is 4.11. The molecule has 0 heterocycles. The molecule has 0 unspecified atom stereocenters. The van der Waals surface area contributed by atoms with E-state index in [-0.39, 0.29) is 6.04 Å². The summed E-state index contributed by atoms with van der Waals surface area (Å²) in [6, 6.07) is 18.4. The van der Waals surface area contributed by atoms with Gasteiger partial charge in [-0.2, -0.15) is 0 Å². The van der Waals surface area contributed by atoms with Gasteiger partial charge in [0.25, 0.3) is 0 Å². The molecule has 0 radical (unpaired) electrons. The molecule has 0 saturated heterocycles. The second-order valence-electron chi connectivity index (χ2n) is 6.45. The summed E-state index contributed by atoms with van der Waals surface area (Å²) in [6.07, 6.45) is 0.135. The molecule has 0 aromatic heterocycles. The molecule has 0 fully saturated rings. The van der Waals surface area contributed by atoms with Crippen molar-refractivity contribution in [3.63, 3.8) is 0 Å². The summed E-state index contributed by atoms with van der Waals surface area (Å²) in [7, 11) is 0. The number of nitrogens with two attached hydrogens (primary N) is 1. The summed E-state index contributed by atoms with van der Waals surface area (Å²) in [5, 5.41) is 13.5. The zero-order chi connectivity index (χ0) is 16.7. The van der Waals surface area contributed by atoms with Crippen LogP contribution in [-0.2, 0) is 13.0 Å². The lowest BCUT2D eigenvalue weighted by Gasteiger charge is -2.19. The van der Waals surface area contributed by atoms with E-state index >= 15 is 0 Å². The predicted octanol–water partition coefficient (Wildman–Crippen LogP) is 2.83. The molecule has 0 aliphatic heterocycles. The quantitative estimate of drug-likeness (QED) is 0.702. The number of rotatable bonds is 8. The summed E-state index contributed by atoms with van der Waals surface area (Å²) < 4.78 is 0. The molecule has 2 aromatic carbocycles. The van der Waals surface area contributed by atoms with Crippen LogP contribution < -0.4 is 11.1 Å². The van der Waals surface area contributed by atoms with Gasteiger partial charge >= 0.3 is 0 Å². The summed E-state index contributed by atoms with van der Waals surface area (Å²) in [5.74, 6) is 0.528. The molecule has 0 aliphatic rings. The Hall–Kier alpha value is -1.68. The van der Waals surface area contributed by atoms with Crippen molar-refractivity contribution in [3.8, 4) is 0 Å². The fourth-order valence-corrected chi connectivity index (χ4v) is 2.60. The monoisotopic (exact) mass is 312 g/mol. The SMILES string of the molecule is CC(C)c1cccc(CNC[C@@H](O)[C@@H](N)Cc2ccccc2)c1. The van der Waals surface area contributed by atoms with Crippen molar-refractivity contribution in [2.75, 3.05) is 6.54 Å². The number of nitrogens with one attached hydrogen (secondary N) is 1. The highest BCUT2D eigenvalue weighted by Crippen LogP contribution is 2.15. The second-order valence-corrected chi connectivity index (χ2v) is 6.45. The molecule has 2 atom stereocenters. The predicted molar refractivity (Wildman–Crippen MR) is 96.4 cm³/mol. The van der Waals surface area contributed by atoms with Crippen LogP contribution in [0.25, 0.3) is 0 Å². The number of aliphatic hydroxyl groups is 1. The Bertz CT molecular complexity index is 583. The lowest BCUT2D eigenvalue weighted by Crippen LogP contribution is -2.42. The van der Waals surface area contributed by atoms with Crippen LogP contribution in [0.15, 0.2) is 54.6 Å². The first-order valence-corrected chi connectivity index (χ1v) is 8.33. The average Bonchev–Trinajstić information content (AvgIpc) is 2.56. The third kappa shape index (κ3) is 5.79. The van der Waals surface area contributed by atoms with Crippen LogP contribution in [-0.4, -0.2) is 23.8 Å². The molecular weight excluding hydrogens is 284 g/mol. The van der Waals surface area contributed by atoms with E-state index in [0.717, 1.165) is 12.1 Å². The van der Waals surface area contributed by atoms with Gasteiger partial charge in [0, 0.05) is 19.1 Å². The molecule has 0 aliphatic carbocycles. The summed E-state index contributed by atoms with van der Waals surface area (Å²) in [6.45, 7) is 5.63. The second kappa shape index (κ2) is 8.82. The minimum atomic E-state index is -0.552. The van der Waals surface area contributed by atoms with Crippen LogP contribution in [0.4, 0.5) is 0 Å². The van der Waals surface area contributed by atoms with Gasteiger partial charge < -0.3 is 16.2 Å². The highest BCUT2D eigenvalue weighted by atomic mass is 16.3. The lowest BCUT2D eigenvalue weighted by atomic mass is 10.0. The lowest BCUT2D eigenvalue weighted by molar-refractivity contribution is 0.141. The van der Waals surface area contributed by atoms with Crippen molar-refractivity contribution in [2.24, 2.45) is 5.73 Å². The van der Waals surface area contributed by atoms with Gasteiger partial charge in [-0.1, -0.05) is 68.4 Å². The van der Waals surface area contributed by atoms with Crippen molar-refractivity contribution >= 4 is 0 Å². The molecule has 2 aromatic rings. The third-order valence-electron chi connectivity index (χ3n) is 4.11. The highest BCUT2D eigenvalue weighted by Gasteiger charge is 2.14. The molecular formula is C20H28N2O. The van der Waals surface area contributed by atoms with Crippen LogP contribution in [0, 0.1) is 0 Å². The first-order chi connectivity index (χ1) is 11.1. The molecule has 0 bridgehead atoms. The van der Waals surface area contributed by atoms with Crippen molar-refractivity contribution in [1.29, 1.82) is 0 Å². The van der Waals surface area contributed by atoms with Gasteiger partial charge in [0.15, 0.2) is 0 Å². The Morgan fingerprint density at radius 1 is 1.00 bits per heavy atom. The van der Waals surface area contributed by atoms with Crippen LogP contribution in [0.5, 0.6) is 0 Å². The highest BCUT2D eigenvalue weighted by molar-refractivity contribution is 5.25. The number of hydrogen-bond acceptors (Lipinski definition) is 3. The van der Waals surface area contributed by atoms with Gasteiger partial charge in [0.1, 0.15) is 0 Å². The van der Waals surface area contributed by atoms with E-state index in [2.05, 4.69) is 43.4 Å². The number of aliphatic hydroxyl groups excluding tert-OH is 1. The number of hydrogen-bond donors (Lipinski definition) is 3. The van der Waals surface area contributed by atoms with E-state index in [9.17, 15) is 5.11 Å². The first kappa shape index (κ1) is 17.7. The maximum absolute atomic E-state index is 10.2. The molecule has 2 rings (SSSR count). The van der Waals surface area contributed by atoms with E-state index < -0.39 is 6.10 Å². The fourth-order valence-electron chi connectivity index (χ4n) is 2.60. The van der Waals surface area contributed by atoms with E-state index in [1.165, 1.54) is 11.1 Å². The topological polar surface area (TPSA) is 58.3 Å². The molecule has 0 amide bonds. The van der Waals surface area contributed by atoms with Crippen molar-refractivity contribution in [3.05, 3.63) is 71.3 Å². The van der Waals surface area contributed by atoms with Crippen molar-refractivity contribution in [2.45, 2.75) is 44.9 Å². The van der Waals surface area contributed by atoms with E-state index in [1.54, 1.807) is 0 Å². The smallest absolute Gasteiger partial charge is 0.0818 e. The van der Waals surface area contributed by atoms with Gasteiger partial charge in [0.05, 0.1) is 6.10 Å². The summed E-state index contributed by atoms with van der Waals surface area (Å²) >= 11 is 0. The van der Waals surface area contributed by atoms with Crippen LogP contribution in [0.3, 0.4) is 0 Å². The van der Waals surface area contributed by atoms with Crippen LogP contribution in [0.1, 0.15) is 36.5 Å². The van der Waals surface area contributed by atoms with Crippen LogP contribution >= 0.6 is 0 Å². The van der Waals surface area contributed by atoms with Gasteiger partial charge in [0.2, 0.25) is 0 Å². The van der Waals surface area contributed by atoms with E-state index in [0.29, 0.717) is 18.9 Å². The van der Waals surface area contributed by atoms with Gasteiger partial charge in [-0.3, -0.25) is 0 Å². The maximum atomic E-state index is 10.2. The molecule has 3 nitrogen and oxygen atoms in total. The zero-order valence-corrected chi connectivity index (χ0v) is 14.1. The van der Waals surface area contributed by atoms with Gasteiger partial charge in [-0.25, -0.2) is 0 Å². The summed E-state index contributed by atoms with van der Waals surface area (Å²) in [5.41, 5.74) is 9.83. The standard InChI is InChI=1S/C20H28N2O/c1-15(2)18-10-6-9-17(11-18)13-22-14-20(23)19(21)12-16-7-4-3-5-8-16/h3-11,15,19-20,22-23H,12-14,21H2,1-2H3/t19-,20+/m0/s1. The van der Waals surface area contributed by atoms with Crippen molar-refractivity contribution in [1.82, 2.24) is 5.32 Å². The van der Waals surface area contributed by atoms with E-state index in [1.807, 2.05) is 30.3 Å². The first-order valence-electron chi connectivity index (χ1n) is 8.33. The number of benzene rings is 2. The van der Waals surface area contributed by atoms with Gasteiger partial charge in [-0.05, 0) is 29.0 Å². The normalized spacial score (nSPS) is 14.0. The Labute approximate surface area is 139 Å². The fraction of sp³-hybridized carbons (Fsp3) is 0.400. The minimum Gasteiger partial charge on any atom is -0.390 e. The molecule has 0 saturated carbocycles. The average molecular weight is 312 g/mol. The zero-order valence-electron chi connectivity index (χ0n) is 14.1. The summed E-state index contributed by atoms with van der Waals surface area (Å²) in [4.78, 5) is 0. The molecule has 4 N–H and O–H groups in total. The largest absolute Gasteiger partial charge is 0.390 e. The van der Waals surface area contributed by atoms with Gasteiger partial charge in [-0.15, -0.1) is 0 Å². The molecule has 3 heteroatoms. The Morgan fingerprint density at radius 2 is 1.70 bits per heavy atom. The molecule has 23 heavy (non-hydrogen) atoms. The van der Waals surface area contributed by atoms with E-state index in [4.69, 9.17) is 5.73 Å². The molecule has 124 valence electrons. The Kier molecular flexibility index (Phi) is 6.78. The van der Waals surface area contributed by atoms with Crippen LogP contribution in [0.2, 0.25) is 0 Å².